The SMILES string of the molecule is CN(Cc1ccc(C(F)(F)F)cc1)Cc1ccccc1C#N. The van der Waals surface area contributed by atoms with Gasteiger partial charge in [-0.1, -0.05) is 30.3 Å². The molecule has 114 valence electrons. The summed E-state index contributed by atoms with van der Waals surface area (Å²) in [6.45, 7) is 1.07. The molecule has 0 spiro atoms. The van der Waals surface area contributed by atoms with Gasteiger partial charge in [0.25, 0.3) is 0 Å². The summed E-state index contributed by atoms with van der Waals surface area (Å²) in [5, 5.41) is 9.05. The largest absolute Gasteiger partial charge is 0.416 e. The highest BCUT2D eigenvalue weighted by Crippen LogP contribution is 2.29. The van der Waals surface area contributed by atoms with Gasteiger partial charge in [0.1, 0.15) is 0 Å². The molecule has 0 fully saturated rings. The summed E-state index contributed by atoms with van der Waals surface area (Å²) in [5.74, 6) is 0. The first-order valence-electron chi connectivity index (χ1n) is 6.73. The van der Waals surface area contributed by atoms with Gasteiger partial charge < -0.3 is 0 Å². The molecule has 0 amide bonds. The van der Waals surface area contributed by atoms with E-state index in [0.717, 1.165) is 23.3 Å². The summed E-state index contributed by atoms with van der Waals surface area (Å²) >= 11 is 0. The Hall–Kier alpha value is -2.32. The molecule has 0 radical (unpaired) electrons. The van der Waals surface area contributed by atoms with Crippen LogP contribution in [0.3, 0.4) is 0 Å². The monoisotopic (exact) mass is 304 g/mol. The van der Waals surface area contributed by atoms with E-state index in [0.29, 0.717) is 18.7 Å². The highest BCUT2D eigenvalue weighted by atomic mass is 19.4. The molecule has 0 aliphatic heterocycles. The first-order chi connectivity index (χ1) is 10.4. The molecule has 2 aromatic carbocycles. The fourth-order valence-corrected chi connectivity index (χ4v) is 2.22. The van der Waals surface area contributed by atoms with Crippen molar-refractivity contribution >= 4 is 0 Å². The van der Waals surface area contributed by atoms with Gasteiger partial charge >= 0.3 is 6.18 Å². The molecule has 5 heteroatoms. The number of halogens is 3. The molecule has 2 nitrogen and oxygen atoms in total. The van der Waals surface area contributed by atoms with Gasteiger partial charge in [0.05, 0.1) is 17.2 Å². The van der Waals surface area contributed by atoms with E-state index in [1.54, 1.807) is 12.1 Å². The number of hydrogen-bond acceptors (Lipinski definition) is 2. The molecule has 2 aromatic rings. The first-order valence-corrected chi connectivity index (χ1v) is 6.73. The van der Waals surface area contributed by atoms with Crippen LogP contribution in [0.4, 0.5) is 13.2 Å². The zero-order valence-electron chi connectivity index (χ0n) is 12.1. The average molecular weight is 304 g/mol. The van der Waals surface area contributed by atoms with Crippen LogP contribution in [0.15, 0.2) is 48.5 Å². The Labute approximate surface area is 127 Å². The van der Waals surface area contributed by atoms with Gasteiger partial charge in [0, 0.05) is 13.1 Å². The van der Waals surface area contributed by atoms with Crippen LogP contribution in [0.1, 0.15) is 22.3 Å². The fourth-order valence-electron chi connectivity index (χ4n) is 2.22. The lowest BCUT2D eigenvalue weighted by atomic mass is 10.1. The van der Waals surface area contributed by atoms with E-state index >= 15 is 0 Å². The van der Waals surface area contributed by atoms with Crippen LogP contribution in [-0.4, -0.2) is 11.9 Å². The number of nitriles is 1. The Morgan fingerprint density at radius 2 is 1.64 bits per heavy atom. The van der Waals surface area contributed by atoms with Gasteiger partial charge in [0.2, 0.25) is 0 Å². The molecule has 0 aliphatic rings. The maximum Gasteiger partial charge on any atom is 0.416 e. The van der Waals surface area contributed by atoms with E-state index < -0.39 is 11.7 Å². The summed E-state index contributed by atoms with van der Waals surface area (Å²) in [7, 11) is 1.87. The highest BCUT2D eigenvalue weighted by molar-refractivity contribution is 5.37. The Morgan fingerprint density at radius 3 is 2.23 bits per heavy atom. The second-order valence-electron chi connectivity index (χ2n) is 5.14. The Morgan fingerprint density at radius 1 is 1.00 bits per heavy atom. The Balaban J connectivity index is 2.03. The third-order valence-corrected chi connectivity index (χ3v) is 3.31. The van der Waals surface area contributed by atoms with E-state index in [4.69, 9.17) is 5.26 Å². The quantitative estimate of drug-likeness (QED) is 0.846. The number of nitrogens with zero attached hydrogens (tertiary/aromatic N) is 2. The Kier molecular flexibility index (Phi) is 4.84. The Bertz CT molecular complexity index is 670. The summed E-state index contributed by atoms with van der Waals surface area (Å²) in [5.41, 5.74) is 1.67. The van der Waals surface area contributed by atoms with Crippen molar-refractivity contribution in [2.75, 3.05) is 7.05 Å². The van der Waals surface area contributed by atoms with E-state index in [2.05, 4.69) is 6.07 Å². The van der Waals surface area contributed by atoms with Crippen LogP contribution in [0.2, 0.25) is 0 Å². The van der Waals surface area contributed by atoms with Crippen molar-refractivity contribution in [2.24, 2.45) is 0 Å². The molecule has 0 unspecified atom stereocenters. The normalized spacial score (nSPS) is 11.5. The zero-order chi connectivity index (χ0) is 16.2. The molecule has 2 rings (SSSR count). The summed E-state index contributed by atoms with van der Waals surface area (Å²) in [4.78, 5) is 1.96. The summed E-state index contributed by atoms with van der Waals surface area (Å²) < 4.78 is 37.5. The van der Waals surface area contributed by atoms with Crippen molar-refractivity contribution in [3.05, 3.63) is 70.8 Å². The minimum atomic E-state index is -4.31. The van der Waals surface area contributed by atoms with E-state index in [9.17, 15) is 13.2 Å². The van der Waals surface area contributed by atoms with Crippen LogP contribution in [0, 0.1) is 11.3 Å². The van der Waals surface area contributed by atoms with Crippen molar-refractivity contribution in [2.45, 2.75) is 19.3 Å². The van der Waals surface area contributed by atoms with Gasteiger partial charge in [-0.3, -0.25) is 4.90 Å². The summed E-state index contributed by atoms with van der Waals surface area (Å²) in [6.07, 6.45) is -4.31. The molecule has 0 saturated carbocycles. The van der Waals surface area contributed by atoms with Gasteiger partial charge in [-0.25, -0.2) is 0 Å². The van der Waals surface area contributed by atoms with E-state index in [-0.39, 0.29) is 0 Å². The molecule has 0 bridgehead atoms. The number of hydrogen-bond donors (Lipinski definition) is 0. The number of benzene rings is 2. The predicted octanol–water partition coefficient (Wildman–Crippen LogP) is 4.21. The smallest absolute Gasteiger partial charge is 0.298 e. The molecule has 0 N–H and O–H groups in total. The van der Waals surface area contributed by atoms with Crippen molar-refractivity contribution in [3.63, 3.8) is 0 Å². The summed E-state index contributed by atoms with van der Waals surface area (Å²) in [6, 6.07) is 14.6. The van der Waals surface area contributed by atoms with Gasteiger partial charge in [-0.2, -0.15) is 18.4 Å². The van der Waals surface area contributed by atoms with Crippen LogP contribution >= 0.6 is 0 Å². The predicted molar refractivity (Wildman–Crippen MR) is 77.8 cm³/mol. The van der Waals surface area contributed by atoms with E-state index in [1.807, 2.05) is 24.1 Å². The first kappa shape index (κ1) is 16.1. The molecular weight excluding hydrogens is 289 g/mol. The van der Waals surface area contributed by atoms with Crippen molar-refractivity contribution in [3.8, 4) is 6.07 Å². The van der Waals surface area contributed by atoms with Gasteiger partial charge in [-0.15, -0.1) is 0 Å². The molecule has 0 aromatic heterocycles. The minimum absolute atomic E-state index is 0.512. The lowest BCUT2D eigenvalue weighted by Crippen LogP contribution is -2.18. The van der Waals surface area contributed by atoms with Crippen molar-refractivity contribution in [1.82, 2.24) is 4.90 Å². The zero-order valence-corrected chi connectivity index (χ0v) is 12.1. The van der Waals surface area contributed by atoms with Gasteiger partial charge in [-0.05, 0) is 36.4 Å². The van der Waals surface area contributed by atoms with Crippen molar-refractivity contribution in [1.29, 1.82) is 5.26 Å². The average Bonchev–Trinajstić information content (AvgIpc) is 2.47. The number of alkyl halides is 3. The fraction of sp³-hybridized carbons (Fsp3) is 0.235. The lowest BCUT2D eigenvalue weighted by Gasteiger charge is -2.18. The number of rotatable bonds is 4. The van der Waals surface area contributed by atoms with Crippen LogP contribution in [-0.2, 0) is 19.3 Å². The third-order valence-electron chi connectivity index (χ3n) is 3.31. The minimum Gasteiger partial charge on any atom is -0.298 e. The van der Waals surface area contributed by atoms with Crippen LogP contribution in [0.5, 0.6) is 0 Å². The van der Waals surface area contributed by atoms with Crippen LogP contribution in [0.25, 0.3) is 0 Å². The second kappa shape index (κ2) is 6.63. The molecule has 0 saturated heterocycles. The van der Waals surface area contributed by atoms with E-state index in [1.165, 1.54) is 12.1 Å². The molecule has 22 heavy (non-hydrogen) atoms. The van der Waals surface area contributed by atoms with Crippen LogP contribution < -0.4 is 0 Å². The highest BCUT2D eigenvalue weighted by Gasteiger charge is 2.29. The lowest BCUT2D eigenvalue weighted by molar-refractivity contribution is -0.137. The third kappa shape index (κ3) is 4.09. The molecule has 0 atom stereocenters. The van der Waals surface area contributed by atoms with Gasteiger partial charge in [0.15, 0.2) is 0 Å². The maximum atomic E-state index is 12.5. The van der Waals surface area contributed by atoms with Crippen molar-refractivity contribution < 1.29 is 13.2 Å². The molecular formula is C17H15F3N2. The standard InChI is InChI=1S/C17H15F3N2/c1-22(12-15-5-3-2-4-14(15)10-21)11-13-6-8-16(9-7-13)17(18,19)20/h2-9H,11-12H2,1H3. The second-order valence-corrected chi connectivity index (χ2v) is 5.14. The topological polar surface area (TPSA) is 27.0 Å². The molecule has 0 heterocycles. The maximum absolute atomic E-state index is 12.5. The molecule has 0 aliphatic carbocycles.